The normalized spacial score (nSPS) is 12.9. The lowest BCUT2D eigenvalue weighted by Gasteiger charge is -2.12. The topological polar surface area (TPSA) is 50.9 Å². The summed E-state index contributed by atoms with van der Waals surface area (Å²) in [5.41, 5.74) is 3.98. The van der Waals surface area contributed by atoms with E-state index in [1.165, 1.54) is 9.58 Å². The van der Waals surface area contributed by atoms with Crippen LogP contribution < -0.4 is 11.3 Å². The first-order valence-corrected chi connectivity index (χ1v) is 7.88. The number of benzene rings is 1. The number of hydrogen-bond donors (Lipinski definition) is 2. The smallest absolute Gasteiger partial charge is 0.0954 e. The van der Waals surface area contributed by atoms with Crippen LogP contribution in [0.4, 0.5) is 0 Å². The highest BCUT2D eigenvalue weighted by atomic mass is 32.1. The van der Waals surface area contributed by atoms with Gasteiger partial charge in [0.25, 0.3) is 0 Å². The van der Waals surface area contributed by atoms with Crippen molar-refractivity contribution in [1.29, 1.82) is 0 Å². The molecule has 5 heteroatoms. The van der Waals surface area contributed by atoms with Crippen molar-refractivity contribution in [3.63, 3.8) is 0 Å². The largest absolute Gasteiger partial charge is 0.271 e. The van der Waals surface area contributed by atoms with E-state index in [1.54, 1.807) is 22.7 Å². The van der Waals surface area contributed by atoms with Crippen LogP contribution in [-0.4, -0.2) is 11.0 Å². The van der Waals surface area contributed by atoms with Gasteiger partial charge in [-0.2, -0.15) is 0 Å². The van der Waals surface area contributed by atoms with Crippen LogP contribution >= 0.6 is 22.7 Å². The molecule has 98 valence electrons. The van der Waals surface area contributed by atoms with Crippen molar-refractivity contribution in [3.05, 3.63) is 51.7 Å². The highest BCUT2D eigenvalue weighted by Crippen LogP contribution is 2.23. The van der Waals surface area contributed by atoms with Crippen LogP contribution in [0.3, 0.4) is 0 Å². The van der Waals surface area contributed by atoms with E-state index in [0.717, 1.165) is 23.4 Å². The second-order valence-electron chi connectivity index (χ2n) is 4.43. The Morgan fingerprint density at radius 1 is 1.16 bits per heavy atom. The molecule has 0 aliphatic carbocycles. The molecule has 19 heavy (non-hydrogen) atoms. The minimum Gasteiger partial charge on any atom is -0.271 e. The molecule has 1 aromatic carbocycles. The van der Waals surface area contributed by atoms with Gasteiger partial charge < -0.3 is 0 Å². The molecule has 1 unspecified atom stereocenters. The Kier molecular flexibility index (Phi) is 3.89. The highest BCUT2D eigenvalue weighted by Gasteiger charge is 2.12. The molecule has 2 heterocycles. The first-order chi connectivity index (χ1) is 9.35. The van der Waals surface area contributed by atoms with E-state index >= 15 is 0 Å². The van der Waals surface area contributed by atoms with Crippen molar-refractivity contribution in [1.82, 2.24) is 10.4 Å². The van der Waals surface area contributed by atoms with Gasteiger partial charge in [0.15, 0.2) is 0 Å². The third kappa shape index (κ3) is 3.01. The Morgan fingerprint density at radius 2 is 2.05 bits per heavy atom. The number of nitrogens with zero attached hydrogens (tertiary/aromatic N) is 1. The van der Waals surface area contributed by atoms with E-state index in [1.807, 2.05) is 6.07 Å². The molecule has 0 saturated carbocycles. The fourth-order valence-electron chi connectivity index (χ4n) is 2.08. The van der Waals surface area contributed by atoms with Crippen LogP contribution in [0.25, 0.3) is 10.2 Å². The first-order valence-electron chi connectivity index (χ1n) is 6.18. The number of thiazole rings is 1. The number of thiophene rings is 1. The molecule has 3 N–H and O–H groups in total. The Hall–Kier alpha value is -1.27. The van der Waals surface area contributed by atoms with Crippen molar-refractivity contribution < 1.29 is 0 Å². The predicted molar refractivity (Wildman–Crippen MR) is 82.5 cm³/mol. The molecule has 0 fully saturated rings. The number of hydrazine groups is 1. The van der Waals surface area contributed by atoms with Gasteiger partial charge in [-0.1, -0.05) is 18.2 Å². The third-order valence-corrected chi connectivity index (χ3v) is 4.98. The molecule has 0 spiro atoms. The van der Waals surface area contributed by atoms with Crippen LogP contribution in [0.2, 0.25) is 0 Å². The average Bonchev–Trinajstić information content (AvgIpc) is 3.06. The Bertz CT molecular complexity index is 613. The highest BCUT2D eigenvalue weighted by molar-refractivity contribution is 7.18. The summed E-state index contributed by atoms with van der Waals surface area (Å²) in [6.45, 7) is 0. The van der Waals surface area contributed by atoms with E-state index in [2.05, 4.69) is 46.1 Å². The molecular formula is C14H15N3S2. The molecule has 0 saturated heterocycles. The number of fused-ring (bicyclic) bond motifs is 1. The minimum atomic E-state index is 0.235. The SMILES string of the molecule is NNC(Cc1cccs1)Cc1nc2ccccc2s1. The molecule has 0 bridgehead atoms. The van der Waals surface area contributed by atoms with E-state index in [9.17, 15) is 0 Å². The Balaban J connectivity index is 1.74. The van der Waals surface area contributed by atoms with E-state index < -0.39 is 0 Å². The molecule has 1 atom stereocenters. The molecule has 0 aliphatic heterocycles. The predicted octanol–water partition coefficient (Wildman–Crippen LogP) is 2.97. The second kappa shape index (κ2) is 5.79. The van der Waals surface area contributed by atoms with Gasteiger partial charge in [-0.25, -0.2) is 4.98 Å². The summed E-state index contributed by atoms with van der Waals surface area (Å²) in [5.74, 6) is 5.66. The minimum absolute atomic E-state index is 0.235. The van der Waals surface area contributed by atoms with Gasteiger partial charge in [0.1, 0.15) is 0 Å². The maximum Gasteiger partial charge on any atom is 0.0954 e. The van der Waals surface area contributed by atoms with Crippen molar-refractivity contribution in [2.45, 2.75) is 18.9 Å². The second-order valence-corrected chi connectivity index (χ2v) is 6.57. The van der Waals surface area contributed by atoms with Gasteiger partial charge in [0, 0.05) is 17.3 Å². The van der Waals surface area contributed by atoms with Crippen molar-refractivity contribution in [2.75, 3.05) is 0 Å². The molecule has 2 aromatic heterocycles. The number of nitrogens with one attached hydrogen (secondary N) is 1. The van der Waals surface area contributed by atoms with Crippen LogP contribution in [0.1, 0.15) is 9.88 Å². The summed E-state index contributed by atoms with van der Waals surface area (Å²) < 4.78 is 1.24. The summed E-state index contributed by atoms with van der Waals surface area (Å²) in [6, 6.07) is 12.7. The molecule has 0 radical (unpaired) electrons. The van der Waals surface area contributed by atoms with Gasteiger partial charge >= 0.3 is 0 Å². The summed E-state index contributed by atoms with van der Waals surface area (Å²) in [7, 11) is 0. The van der Waals surface area contributed by atoms with Crippen molar-refractivity contribution >= 4 is 32.9 Å². The third-order valence-electron chi connectivity index (χ3n) is 3.02. The van der Waals surface area contributed by atoms with Crippen molar-refractivity contribution in [2.24, 2.45) is 5.84 Å². The quantitative estimate of drug-likeness (QED) is 0.561. The molecule has 3 nitrogen and oxygen atoms in total. The number of aromatic nitrogens is 1. The maximum atomic E-state index is 5.66. The molecule has 0 amide bonds. The van der Waals surface area contributed by atoms with Crippen LogP contribution in [0.15, 0.2) is 41.8 Å². The summed E-state index contributed by atoms with van der Waals surface area (Å²) in [6.07, 6.45) is 1.82. The lowest BCUT2D eigenvalue weighted by molar-refractivity contribution is 0.525. The maximum absolute atomic E-state index is 5.66. The van der Waals surface area contributed by atoms with Crippen molar-refractivity contribution in [3.8, 4) is 0 Å². The number of hydrogen-bond acceptors (Lipinski definition) is 5. The standard InChI is InChI=1S/C14H15N3S2/c15-17-10(8-11-4-3-7-18-11)9-14-16-12-5-1-2-6-13(12)19-14/h1-7,10,17H,8-9,15H2. The fraction of sp³-hybridized carbons (Fsp3) is 0.214. The Morgan fingerprint density at radius 3 is 2.79 bits per heavy atom. The molecule has 3 rings (SSSR count). The zero-order valence-electron chi connectivity index (χ0n) is 10.4. The van der Waals surface area contributed by atoms with E-state index in [4.69, 9.17) is 5.84 Å². The zero-order valence-corrected chi connectivity index (χ0v) is 12.0. The number of para-hydroxylation sites is 1. The summed E-state index contributed by atoms with van der Waals surface area (Å²) >= 11 is 3.52. The summed E-state index contributed by atoms with van der Waals surface area (Å²) in [5, 5.41) is 3.24. The van der Waals surface area contributed by atoms with Crippen LogP contribution in [-0.2, 0) is 12.8 Å². The van der Waals surface area contributed by atoms with Crippen LogP contribution in [0.5, 0.6) is 0 Å². The molecule has 0 aliphatic rings. The fourth-order valence-corrected chi connectivity index (χ4v) is 3.91. The van der Waals surface area contributed by atoms with E-state index in [-0.39, 0.29) is 6.04 Å². The first kappa shape index (κ1) is 12.7. The van der Waals surface area contributed by atoms with Gasteiger partial charge in [0.2, 0.25) is 0 Å². The van der Waals surface area contributed by atoms with Gasteiger partial charge in [0.05, 0.1) is 15.2 Å². The number of rotatable bonds is 5. The lowest BCUT2D eigenvalue weighted by atomic mass is 10.1. The number of nitrogens with two attached hydrogens (primary N) is 1. The molecule has 3 aromatic rings. The average molecular weight is 289 g/mol. The van der Waals surface area contributed by atoms with Gasteiger partial charge in [-0.15, -0.1) is 22.7 Å². The Labute approximate surface area is 120 Å². The monoisotopic (exact) mass is 289 g/mol. The summed E-state index contributed by atoms with van der Waals surface area (Å²) in [4.78, 5) is 6.01. The zero-order chi connectivity index (χ0) is 13.1. The molecular weight excluding hydrogens is 274 g/mol. The van der Waals surface area contributed by atoms with Gasteiger partial charge in [-0.3, -0.25) is 11.3 Å². The van der Waals surface area contributed by atoms with Crippen LogP contribution in [0, 0.1) is 0 Å². The van der Waals surface area contributed by atoms with Gasteiger partial charge in [-0.05, 0) is 30.0 Å². The lowest BCUT2D eigenvalue weighted by Crippen LogP contribution is -2.38. The van der Waals surface area contributed by atoms with E-state index in [0.29, 0.717) is 0 Å².